The predicted molar refractivity (Wildman–Crippen MR) is 82.3 cm³/mol. The molecule has 1 aliphatic rings. The van der Waals surface area contributed by atoms with Crippen LogP contribution in [0.3, 0.4) is 0 Å². The summed E-state index contributed by atoms with van der Waals surface area (Å²) < 4.78 is 0. The first-order valence-electron chi connectivity index (χ1n) is 6.95. The summed E-state index contributed by atoms with van der Waals surface area (Å²) in [6, 6.07) is 0.492. The van der Waals surface area contributed by atoms with Gasteiger partial charge in [-0.05, 0) is 38.5 Å². The van der Waals surface area contributed by atoms with Crippen LogP contribution in [0.25, 0.3) is 0 Å². The van der Waals surface area contributed by atoms with Crippen molar-refractivity contribution in [1.82, 2.24) is 10.3 Å². The minimum atomic E-state index is -0.291. The first kappa shape index (κ1) is 15.3. The van der Waals surface area contributed by atoms with Crippen molar-refractivity contribution in [2.24, 2.45) is 5.92 Å². The molecule has 0 aliphatic carbocycles. The topological polar surface area (TPSA) is 68.1 Å². The Kier molecular flexibility index (Phi) is 4.99. The Morgan fingerprint density at radius 1 is 1.50 bits per heavy atom. The molecule has 110 valence electrons. The molecule has 2 unspecified atom stereocenters. The molecule has 1 aromatic rings. The van der Waals surface area contributed by atoms with E-state index in [9.17, 15) is 10.1 Å². The summed E-state index contributed by atoms with van der Waals surface area (Å²) in [5.74, 6) is 2.72. The third-order valence-corrected chi connectivity index (χ3v) is 5.14. The molecule has 20 heavy (non-hydrogen) atoms. The van der Waals surface area contributed by atoms with Crippen molar-refractivity contribution >= 4 is 17.4 Å². The first-order valence-corrected chi connectivity index (χ1v) is 8.10. The molecule has 0 spiro atoms. The Hall–Kier alpha value is -1.14. The lowest BCUT2D eigenvalue weighted by Crippen LogP contribution is -2.36. The Morgan fingerprint density at radius 2 is 2.25 bits per heavy atom. The van der Waals surface area contributed by atoms with Crippen molar-refractivity contribution in [3.05, 3.63) is 33.1 Å². The number of hydrogen-bond acceptors (Lipinski definition) is 5. The maximum absolute atomic E-state index is 11.2. The Bertz CT molecular complexity index is 507. The van der Waals surface area contributed by atoms with Gasteiger partial charge in [-0.3, -0.25) is 15.1 Å². The van der Waals surface area contributed by atoms with E-state index in [0.29, 0.717) is 17.5 Å². The van der Waals surface area contributed by atoms with Crippen LogP contribution >= 0.6 is 11.8 Å². The average Bonchev–Trinajstić information content (AvgIpc) is 2.80. The molecule has 2 rings (SSSR count). The molecular weight excluding hydrogens is 274 g/mol. The van der Waals surface area contributed by atoms with Crippen molar-refractivity contribution in [1.29, 1.82) is 0 Å². The lowest BCUT2D eigenvalue weighted by Gasteiger charge is -2.20. The highest BCUT2D eigenvalue weighted by Gasteiger charge is 2.29. The van der Waals surface area contributed by atoms with Gasteiger partial charge >= 0.3 is 0 Å². The summed E-state index contributed by atoms with van der Waals surface area (Å²) in [5.41, 5.74) is 2.46. The van der Waals surface area contributed by atoms with Crippen LogP contribution in [0.4, 0.5) is 5.69 Å². The number of nitrogens with zero attached hydrogens (tertiary/aromatic N) is 2. The van der Waals surface area contributed by atoms with Gasteiger partial charge in [-0.25, -0.2) is 0 Å². The number of pyridine rings is 1. The molecule has 0 saturated carbocycles. The monoisotopic (exact) mass is 295 g/mol. The fourth-order valence-corrected chi connectivity index (χ4v) is 4.22. The number of aromatic nitrogens is 1. The Labute approximate surface area is 123 Å². The zero-order valence-electron chi connectivity index (χ0n) is 12.2. The van der Waals surface area contributed by atoms with Gasteiger partial charge in [0.2, 0.25) is 0 Å². The van der Waals surface area contributed by atoms with E-state index in [1.165, 1.54) is 0 Å². The number of thioether (sulfide) groups is 1. The van der Waals surface area contributed by atoms with Gasteiger partial charge in [0, 0.05) is 29.1 Å². The number of rotatable bonds is 5. The van der Waals surface area contributed by atoms with Crippen molar-refractivity contribution < 1.29 is 4.92 Å². The van der Waals surface area contributed by atoms with E-state index >= 15 is 0 Å². The van der Waals surface area contributed by atoms with E-state index in [0.717, 1.165) is 35.7 Å². The van der Waals surface area contributed by atoms with E-state index in [1.54, 1.807) is 13.1 Å². The zero-order chi connectivity index (χ0) is 14.7. The Morgan fingerprint density at radius 3 is 2.90 bits per heavy atom. The second kappa shape index (κ2) is 6.54. The van der Waals surface area contributed by atoms with Gasteiger partial charge in [0.15, 0.2) is 0 Å². The normalized spacial score (nSPS) is 22.1. The molecule has 6 heteroatoms. The SMILES string of the molecule is CCNC1CSCC1Cc1ncc(C)c([N+](=O)[O-])c1C. The molecular formula is C14H21N3O2S. The van der Waals surface area contributed by atoms with Crippen LogP contribution in [0, 0.1) is 29.9 Å². The molecule has 2 atom stereocenters. The Balaban J connectivity index is 2.21. The zero-order valence-corrected chi connectivity index (χ0v) is 13.0. The maximum atomic E-state index is 11.2. The third kappa shape index (κ3) is 3.12. The minimum Gasteiger partial charge on any atom is -0.313 e. The molecule has 1 fully saturated rings. The molecule has 0 bridgehead atoms. The lowest BCUT2D eigenvalue weighted by molar-refractivity contribution is -0.386. The van der Waals surface area contributed by atoms with Crippen molar-refractivity contribution in [3.8, 4) is 0 Å². The van der Waals surface area contributed by atoms with Gasteiger partial charge in [0.25, 0.3) is 5.69 Å². The molecule has 0 amide bonds. The van der Waals surface area contributed by atoms with Crippen LogP contribution in [0.15, 0.2) is 6.20 Å². The number of nitrogens with one attached hydrogen (secondary N) is 1. The summed E-state index contributed by atoms with van der Waals surface area (Å²) >= 11 is 1.94. The predicted octanol–water partition coefficient (Wildman–Crippen LogP) is 2.49. The number of hydrogen-bond donors (Lipinski definition) is 1. The molecule has 2 heterocycles. The third-order valence-electron chi connectivity index (χ3n) is 3.88. The largest absolute Gasteiger partial charge is 0.313 e. The van der Waals surface area contributed by atoms with E-state index in [2.05, 4.69) is 17.2 Å². The molecule has 1 N–H and O–H groups in total. The second-order valence-corrected chi connectivity index (χ2v) is 6.36. The van der Waals surface area contributed by atoms with E-state index < -0.39 is 0 Å². The van der Waals surface area contributed by atoms with Crippen molar-refractivity contribution in [2.75, 3.05) is 18.1 Å². The molecule has 1 aromatic heterocycles. The smallest absolute Gasteiger partial charge is 0.278 e. The van der Waals surface area contributed by atoms with Crippen LogP contribution in [0.2, 0.25) is 0 Å². The van der Waals surface area contributed by atoms with Gasteiger partial charge in [-0.2, -0.15) is 11.8 Å². The summed E-state index contributed by atoms with van der Waals surface area (Å²) in [4.78, 5) is 15.3. The average molecular weight is 295 g/mol. The summed E-state index contributed by atoms with van der Waals surface area (Å²) in [5, 5.41) is 14.7. The van der Waals surface area contributed by atoms with Crippen LogP contribution in [-0.2, 0) is 6.42 Å². The highest BCUT2D eigenvalue weighted by molar-refractivity contribution is 7.99. The van der Waals surface area contributed by atoms with Crippen molar-refractivity contribution in [3.63, 3.8) is 0 Å². The van der Waals surface area contributed by atoms with Gasteiger partial charge in [0.05, 0.1) is 10.6 Å². The molecule has 1 saturated heterocycles. The van der Waals surface area contributed by atoms with Gasteiger partial charge in [0.1, 0.15) is 0 Å². The van der Waals surface area contributed by atoms with Crippen molar-refractivity contribution in [2.45, 2.75) is 33.2 Å². The van der Waals surface area contributed by atoms with Gasteiger partial charge < -0.3 is 5.32 Å². The molecule has 0 aromatic carbocycles. The summed E-state index contributed by atoms with van der Waals surface area (Å²) in [7, 11) is 0. The highest BCUT2D eigenvalue weighted by Crippen LogP contribution is 2.30. The fourth-order valence-electron chi connectivity index (χ4n) is 2.79. The first-order chi connectivity index (χ1) is 9.54. The standard InChI is InChI=1S/C14H21N3O2S/c1-4-15-13-8-20-7-11(13)5-12-10(3)14(17(18)19)9(2)6-16-12/h6,11,13,15H,4-5,7-8H2,1-3H3. The van der Waals surface area contributed by atoms with Crippen LogP contribution in [0.5, 0.6) is 0 Å². The van der Waals surface area contributed by atoms with Gasteiger partial charge in [-0.15, -0.1) is 0 Å². The molecule has 0 radical (unpaired) electrons. The summed E-state index contributed by atoms with van der Waals surface area (Å²) in [6.45, 7) is 6.63. The van der Waals surface area contributed by atoms with E-state index in [4.69, 9.17) is 0 Å². The van der Waals surface area contributed by atoms with Crippen LogP contribution < -0.4 is 5.32 Å². The maximum Gasteiger partial charge on any atom is 0.278 e. The number of nitro groups is 1. The lowest BCUT2D eigenvalue weighted by atomic mass is 9.95. The molecule has 1 aliphatic heterocycles. The van der Waals surface area contributed by atoms with Gasteiger partial charge in [-0.1, -0.05) is 6.92 Å². The minimum absolute atomic E-state index is 0.223. The van der Waals surface area contributed by atoms with Crippen LogP contribution in [0.1, 0.15) is 23.7 Å². The van der Waals surface area contributed by atoms with E-state index in [-0.39, 0.29) is 10.6 Å². The fraction of sp³-hybridized carbons (Fsp3) is 0.643. The number of aryl methyl sites for hydroxylation is 1. The van der Waals surface area contributed by atoms with Crippen LogP contribution in [-0.4, -0.2) is 34.0 Å². The second-order valence-electron chi connectivity index (χ2n) is 5.28. The summed E-state index contributed by atoms with van der Waals surface area (Å²) in [6.07, 6.45) is 2.45. The van der Waals surface area contributed by atoms with E-state index in [1.807, 2.05) is 18.7 Å². The quantitative estimate of drug-likeness (QED) is 0.667. The molecule has 5 nitrogen and oxygen atoms in total. The highest BCUT2D eigenvalue weighted by atomic mass is 32.2.